The first-order valence-electron chi connectivity index (χ1n) is 10.1. The summed E-state index contributed by atoms with van der Waals surface area (Å²) in [5, 5.41) is 0. The number of nitrogens with zero attached hydrogens (tertiary/aromatic N) is 2. The SMILES string of the molecule is CC(=Nc1c(C)cc(C)cc1Br)C(C)=Nc1c(C)cc(C)cc1Br.COC(=O)C(C)C.[CH3-].[Ni]. The Hall–Kier alpha value is -1.30. The van der Waals surface area contributed by atoms with Gasteiger partial charge in [0.1, 0.15) is 0 Å². The largest absolute Gasteiger partial charge is 0.469 e. The van der Waals surface area contributed by atoms with Crippen LogP contribution in [-0.4, -0.2) is 24.5 Å². The first-order chi connectivity index (χ1) is 14.4. The number of hydrogen-bond donors (Lipinski definition) is 0. The Bertz CT molecular complexity index is 898. The zero-order valence-electron chi connectivity index (χ0n) is 21.2. The number of aliphatic imine (C=N–C) groups is 2. The summed E-state index contributed by atoms with van der Waals surface area (Å²) in [5.74, 6) is -0.148. The average molecular weight is 626 g/mol. The molecule has 33 heavy (non-hydrogen) atoms. The molecule has 2 rings (SSSR count). The topological polar surface area (TPSA) is 51.0 Å². The first-order valence-corrected chi connectivity index (χ1v) is 11.7. The molecule has 0 aliphatic rings. The summed E-state index contributed by atoms with van der Waals surface area (Å²) in [7, 11) is 1.39. The van der Waals surface area contributed by atoms with Gasteiger partial charge in [-0.15, -0.1) is 0 Å². The van der Waals surface area contributed by atoms with Crippen LogP contribution in [0.4, 0.5) is 11.4 Å². The van der Waals surface area contributed by atoms with Crippen LogP contribution in [0.3, 0.4) is 0 Å². The Balaban J connectivity index is 0. The Morgan fingerprint density at radius 1 is 0.818 bits per heavy atom. The van der Waals surface area contributed by atoms with Crippen LogP contribution >= 0.6 is 31.9 Å². The van der Waals surface area contributed by atoms with E-state index in [0.29, 0.717) is 0 Å². The van der Waals surface area contributed by atoms with Gasteiger partial charge in [0.2, 0.25) is 0 Å². The van der Waals surface area contributed by atoms with Gasteiger partial charge in [0, 0.05) is 25.4 Å². The molecule has 0 N–H and O–H groups in total. The van der Waals surface area contributed by atoms with Crippen LogP contribution in [-0.2, 0) is 26.0 Å². The number of ether oxygens (including phenoxy) is 1. The van der Waals surface area contributed by atoms with E-state index in [1.54, 1.807) is 13.8 Å². The van der Waals surface area contributed by atoms with Gasteiger partial charge < -0.3 is 12.2 Å². The molecule has 0 unspecified atom stereocenters. The van der Waals surface area contributed by atoms with Crippen LogP contribution in [0.25, 0.3) is 0 Å². The Morgan fingerprint density at radius 3 is 1.36 bits per heavy atom. The molecular weight excluding hydrogens is 591 g/mol. The molecule has 0 spiro atoms. The number of benzene rings is 2. The monoisotopic (exact) mass is 623 g/mol. The number of rotatable bonds is 4. The number of methoxy groups -OCH3 is 1. The summed E-state index contributed by atoms with van der Waals surface area (Å²) in [6.07, 6.45) is 0. The second-order valence-electron chi connectivity index (χ2n) is 7.90. The van der Waals surface area contributed by atoms with Gasteiger partial charge in [0.25, 0.3) is 0 Å². The maximum absolute atomic E-state index is 10.3. The number of aryl methyl sites for hydroxylation is 4. The summed E-state index contributed by atoms with van der Waals surface area (Å²) in [5.41, 5.74) is 8.51. The van der Waals surface area contributed by atoms with Crippen molar-refractivity contribution in [1.29, 1.82) is 0 Å². The van der Waals surface area contributed by atoms with E-state index in [1.807, 2.05) is 13.8 Å². The van der Waals surface area contributed by atoms with E-state index in [9.17, 15) is 4.79 Å². The molecule has 2 aromatic carbocycles. The molecule has 0 atom stereocenters. The normalized spacial score (nSPS) is 11.2. The van der Waals surface area contributed by atoms with Gasteiger partial charge in [-0.05, 0) is 108 Å². The van der Waals surface area contributed by atoms with Crippen molar-refractivity contribution in [3.63, 3.8) is 0 Å². The molecule has 0 saturated carbocycles. The summed E-state index contributed by atoms with van der Waals surface area (Å²) in [6, 6.07) is 8.46. The van der Waals surface area contributed by atoms with Crippen LogP contribution in [0.5, 0.6) is 0 Å². The van der Waals surface area contributed by atoms with Gasteiger partial charge in [-0.2, -0.15) is 0 Å². The summed E-state index contributed by atoms with van der Waals surface area (Å²) in [6.45, 7) is 15.9. The van der Waals surface area contributed by atoms with E-state index in [0.717, 1.165) is 42.9 Å². The molecule has 0 aliphatic carbocycles. The fraction of sp³-hybridized carbons (Fsp3) is 0.385. The minimum atomic E-state index is -0.153. The molecule has 0 aliphatic heterocycles. The molecule has 0 saturated heterocycles. The summed E-state index contributed by atoms with van der Waals surface area (Å²) >= 11 is 7.24. The smallest absolute Gasteiger partial charge is 0.308 e. The third-order valence-electron chi connectivity index (χ3n) is 4.55. The molecule has 0 bridgehead atoms. The Morgan fingerprint density at radius 2 is 1.15 bits per heavy atom. The second kappa shape index (κ2) is 15.6. The molecule has 7 heteroatoms. The van der Waals surface area contributed by atoms with Crippen LogP contribution in [0.15, 0.2) is 43.2 Å². The summed E-state index contributed by atoms with van der Waals surface area (Å²) < 4.78 is 6.40. The van der Waals surface area contributed by atoms with Gasteiger partial charge in [-0.25, -0.2) is 0 Å². The third-order valence-corrected chi connectivity index (χ3v) is 5.76. The number of halogens is 2. The van der Waals surface area contributed by atoms with Crippen LogP contribution < -0.4 is 0 Å². The fourth-order valence-corrected chi connectivity index (χ4v) is 4.36. The molecule has 4 nitrogen and oxygen atoms in total. The van der Waals surface area contributed by atoms with E-state index < -0.39 is 0 Å². The van der Waals surface area contributed by atoms with Crippen LogP contribution in [0.2, 0.25) is 0 Å². The predicted octanol–water partition coefficient (Wildman–Crippen LogP) is 8.59. The molecule has 186 valence electrons. The first kappa shape index (κ1) is 33.9. The average Bonchev–Trinajstić information content (AvgIpc) is 2.66. The molecule has 0 fully saturated rings. The molecule has 0 amide bonds. The van der Waals surface area contributed by atoms with Crippen molar-refractivity contribution in [1.82, 2.24) is 0 Å². The van der Waals surface area contributed by atoms with Crippen molar-refractivity contribution in [2.24, 2.45) is 15.9 Å². The van der Waals surface area contributed by atoms with Gasteiger partial charge in [0.15, 0.2) is 0 Å². The van der Waals surface area contributed by atoms with Gasteiger partial charge in [0.05, 0.1) is 35.8 Å². The summed E-state index contributed by atoms with van der Waals surface area (Å²) in [4.78, 5) is 19.9. The third kappa shape index (κ3) is 10.7. The molecular formula is C26H35Br2N2NiO2-. The van der Waals surface area contributed by atoms with E-state index in [-0.39, 0.29) is 35.8 Å². The second-order valence-corrected chi connectivity index (χ2v) is 9.61. The fourth-order valence-electron chi connectivity index (χ4n) is 2.83. The van der Waals surface area contributed by atoms with Crippen molar-refractivity contribution in [3.8, 4) is 0 Å². The van der Waals surface area contributed by atoms with Crippen molar-refractivity contribution in [2.75, 3.05) is 7.11 Å². The maximum Gasteiger partial charge on any atom is 0.308 e. The number of hydrogen-bond acceptors (Lipinski definition) is 4. The van der Waals surface area contributed by atoms with Crippen molar-refractivity contribution in [2.45, 2.75) is 55.4 Å². The Labute approximate surface area is 226 Å². The standard InChI is InChI=1S/C20H22Br2N2.C5H10O2.CH3.Ni/c1-11-7-13(3)19(17(21)9-11)23-15(5)16(6)24-20-14(4)8-12(2)10-18(20)22;1-4(2)5(6)7-3;;/h7-10H,1-6H3;4H,1-3H3;1H3;/q;;-1;. The van der Waals surface area contributed by atoms with E-state index >= 15 is 0 Å². The van der Waals surface area contributed by atoms with E-state index in [1.165, 1.54) is 18.2 Å². The van der Waals surface area contributed by atoms with Crippen molar-refractivity contribution in [3.05, 3.63) is 62.9 Å². The van der Waals surface area contributed by atoms with Gasteiger partial charge in [-0.1, -0.05) is 26.0 Å². The quantitative estimate of drug-likeness (QED) is 0.148. The van der Waals surface area contributed by atoms with Crippen LogP contribution in [0.1, 0.15) is 49.9 Å². The molecule has 2 aromatic rings. The molecule has 0 heterocycles. The molecule has 0 aromatic heterocycles. The van der Waals surface area contributed by atoms with Crippen molar-refractivity contribution >= 4 is 60.6 Å². The van der Waals surface area contributed by atoms with E-state index in [4.69, 9.17) is 9.98 Å². The number of esters is 1. The predicted molar refractivity (Wildman–Crippen MR) is 146 cm³/mol. The minimum absolute atomic E-state index is 0. The number of carbonyl (C=O) groups excluding carboxylic acids is 1. The van der Waals surface area contributed by atoms with Crippen molar-refractivity contribution < 1.29 is 26.0 Å². The van der Waals surface area contributed by atoms with E-state index in [2.05, 4.69) is 88.6 Å². The zero-order chi connectivity index (χ0) is 23.9. The molecule has 0 radical (unpaired) electrons. The maximum atomic E-state index is 10.3. The Kier molecular flexibility index (Phi) is 16.0. The zero-order valence-corrected chi connectivity index (χ0v) is 25.3. The minimum Gasteiger partial charge on any atom is -0.469 e. The van der Waals surface area contributed by atoms with Gasteiger partial charge in [-0.3, -0.25) is 14.8 Å². The van der Waals surface area contributed by atoms with Crippen LogP contribution in [0, 0.1) is 41.0 Å². The van der Waals surface area contributed by atoms with Gasteiger partial charge >= 0.3 is 5.97 Å². The number of carbonyl (C=O) groups is 1.